The Morgan fingerprint density at radius 2 is 1.75 bits per heavy atom. The van der Waals surface area contributed by atoms with E-state index in [2.05, 4.69) is 42.2 Å². The lowest BCUT2D eigenvalue weighted by atomic mass is 9.91. The van der Waals surface area contributed by atoms with E-state index in [9.17, 15) is 4.79 Å². The smallest absolute Gasteiger partial charge is 0.227 e. The van der Waals surface area contributed by atoms with Crippen LogP contribution in [0.2, 0.25) is 0 Å². The molecule has 3 rings (SSSR count). The maximum atomic E-state index is 13.1. The van der Waals surface area contributed by atoms with Crippen LogP contribution in [-0.4, -0.2) is 41.4 Å². The van der Waals surface area contributed by atoms with Gasteiger partial charge in [-0.25, -0.2) is 0 Å². The van der Waals surface area contributed by atoms with Crippen molar-refractivity contribution in [1.29, 1.82) is 0 Å². The number of hydrogen-bond donors (Lipinski definition) is 1. The highest BCUT2D eigenvalue weighted by Gasteiger charge is 2.33. The van der Waals surface area contributed by atoms with Crippen molar-refractivity contribution in [3.05, 3.63) is 71.8 Å². The number of amides is 1. The predicted molar refractivity (Wildman–Crippen MR) is 115 cm³/mol. The summed E-state index contributed by atoms with van der Waals surface area (Å²) >= 11 is 0. The number of carbonyl (C=O) groups excluding carboxylic acids is 1. The van der Waals surface area contributed by atoms with Crippen LogP contribution in [0.4, 0.5) is 0 Å². The van der Waals surface area contributed by atoms with E-state index in [1.165, 1.54) is 5.56 Å². The number of piperidine rings is 1. The lowest BCUT2D eigenvalue weighted by Gasteiger charge is -2.42. The molecule has 0 aromatic heterocycles. The second-order valence-electron chi connectivity index (χ2n) is 8.16. The number of nitrogens with two attached hydrogens (primary N) is 1. The lowest BCUT2D eigenvalue weighted by Crippen LogP contribution is -2.50. The highest BCUT2D eigenvalue weighted by molar-refractivity contribution is 5.79. The summed E-state index contributed by atoms with van der Waals surface area (Å²) in [5.41, 5.74) is 8.75. The molecule has 1 fully saturated rings. The van der Waals surface area contributed by atoms with Crippen LogP contribution >= 0.6 is 0 Å². The molecular formula is C24H33N3O. The molecule has 4 unspecified atom stereocenters. The van der Waals surface area contributed by atoms with E-state index in [0.29, 0.717) is 6.04 Å². The quantitative estimate of drug-likeness (QED) is 0.830. The maximum absolute atomic E-state index is 13.1. The van der Waals surface area contributed by atoms with E-state index < -0.39 is 0 Å². The SMILES string of the molecule is CC(C(=O)N(C)C1CCN(Cc2ccccc2)C(C)C1)C(N)c1ccccc1. The third-order valence-electron chi connectivity index (χ3n) is 6.22. The van der Waals surface area contributed by atoms with Crippen LogP contribution in [0.3, 0.4) is 0 Å². The second-order valence-corrected chi connectivity index (χ2v) is 8.16. The largest absolute Gasteiger partial charge is 0.342 e. The summed E-state index contributed by atoms with van der Waals surface area (Å²) in [5, 5.41) is 0. The molecule has 4 heteroatoms. The number of hydrogen-bond acceptors (Lipinski definition) is 3. The van der Waals surface area contributed by atoms with E-state index in [1.807, 2.05) is 49.2 Å². The Morgan fingerprint density at radius 1 is 1.14 bits per heavy atom. The minimum atomic E-state index is -0.272. The number of carbonyl (C=O) groups is 1. The Hall–Kier alpha value is -2.17. The van der Waals surface area contributed by atoms with Gasteiger partial charge in [0.2, 0.25) is 5.91 Å². The zero-order chi connectivity index (χ0) is 20.1. The zero-order valence-corrected chi connectivity index (χ0v) is 17.3. The van der Waals surface area contributed by atoms with Crippen molar-refractivity contribution in [2.75, 3.05) is 13.6 Å². The molecule has 1 heterocycles. The molecule has 0 bridgehead atoms. The fourth-order valence-corrected chi connectivity index (χ4v) is 4.22. The first-order valence-corrected chi connectivity index (χ1v) is 10.3. The molecule has 1 aliphatic heterocycles. The van der Waals surface area contributed by atoms with Gasteiger partial charge in [0, 0.05) is 38.3 Å². The monoisotopic (exact) mass is 379 g/mol. The highest BCUT2D eigenvalue weighted by atomic mass is 16.2. The average Bonchev–Trinajstić information content (AvgIpc) is 2.74. The third-order valence-corrected chi connectivity index (χ3v) is 6.22. The Labute approximate surface area is 169 Å². The number of likely N-dealkylation sites (tertiary alicyclic amines) is 1. The summed E-state index contributed by atoms with van der Waals surface area (Å²) < 4.78 is 0. The summed E-state index contributed by atoms with van der Waals surface area (Å²) in [6, 6.07) is 21.0. The van der Waals surface area contributed by atoms with E-state index >= 15 is 0 Å². The van der Waals surface area contributed by atoms with Crippen LogP contribution in [0.1, 0.15) is 43.9 Å². The van der Waals surface area contributed by atoms with Gasteiger partial charge in [0.25, 0.3) is 0 Å². The Morgan fingerprint density at radius 3 is 2.36 bits per heavy atom. The zero-order valence-electron chi connectivity index (χ0n) is 17.3. The lowest BCUT2D eigenvalue weighted by molar-refractivity contribution is -0.137. The normalized spacial score (nSPS) is 22.4. The van der Waals surface area contributed by atoms with Crippen LogP contribution in [0.15, 0.2) is 60.7 Å². The highest BCUT2D eigenvalue weighted by Crippen LogP contribution is 2.26. The van der Waals surface area contributed by atoms with Crippen molar-refractivity contribution in [2.45, 2.75) is 51.4 Å². The average molecular weight is 380 g/mol. The van der Waals surface area contributed by atoms with Gasteiger partial charge in [-0.3, -0.25) is 9.69 Å². The van der Waals surface area contributed by atoms with Crippen molar-refractivity contribution in [3.63, 3.8) is 0 Å². The van der Waals surface area contributed by atoms with Gasteiger partial charge in [-0.05, 0) is 30.9 Å². The number of benzene rings is 2. The molecule has 0 aliphatic carbocycles. The van der Waals surface area contributed by atoms with E-state index in [1.54, 1.807) is 0 Å². The minimum Gasteiger partial charge on any atom is -0.342 e. The molecule has 0 saturated carbocycles. The number of nitrogens with zero attached hydrogens (tertiary/aromatic N) is 2. The summed E-state index contributed by atoms with van der Waals surface area (Å²) in [7, 11) is 1.95. The molecule has 150 valence electrons. The van der Waals surface area contributed by atoms with Gasteiger partial charge in [-0.2, -0.15) is 0 Å². The molecule has 1 saturated heterocycles. The van der Waals surface area contributed by atoms with E-state index in [-0.39, 0.29) is 23.9 Å². The van der Waals surface area contributed by atoms with Crippen LogP contribution in [-0.2, 0) is 11.3 Å². The van der Waals surface area contributed by atoms with Gasteiger partial charge >= 0.3 is 0 Å². The van der Waals surface area contributed by atoms with Gasteiger partial charge in [0.15, 0.2) is 0 Å². The molecule has 1 amide bonds. The molecule has 2 aromatic carbocycles. The Kier molecular flexibility index (Phi) is 6.87. The van der Waals surface area contributed by atoms with Gasteiger partial charge in [0.1, 0.15) is 0 Å². The second kappa shape index (κ2) is 9.35. The molecule has 4 nitrogen and oxygen atoms in total. The Balaban J connectivity index is 1.57. The molecule has 2 aromatic rings. The van der Waals surface area contributed by atoms with Crippen LogP contribution in [0, 0.1) is 5.92 Å². The first kappa shape index (κ1) is 20.6. The van der Waals surface area contributed by atoms with Crippen molar-refractivity contribution in [3.8, 4) is 0 Å². The number of rotatable bonds is 6. The fourth-order valence-electron chi connectivity index (χ4n) is 4.22. The predicted octanol–water partition coefficient (Wildman–Crippen LogP) is 3.83. The van der Waals surface area contributed by atoms with Gasteiger partial charge in [0.05, 0.1) is 5.92 Å². The summed E-state index contributed by atoms with van der Waals surface area (Å²) in [4.78, 5) is 17.5. The van der Waals surface area contributed by atoms with Crippen molar-refractivity contribution in [1.82, 2.24) is 9.80 Å². The van der Waals surface area contributed by atoms with Crippen LogP contribution < -0.4 is 5.73 Å². The first-order chi connectivity index (χ1) is 13.5. The first-order valence-electron chi connectivity index (χ1n) is 10.3. The maximum Gasteiger partial charge on any atom is 0.227 e. The fraction of sp³-hybridized carbons (Fsp3) is 0.458. The molecule has 2 N–H and O–H groups in total. The summed E-state index contributed by atoms with van der Waals surface area (Å²) in [6.07, 6.45) is 2.01. The molecular weight excluding hydrogens is 346 g/mol. The standard InChI is InChI=1S/C24H33N3O/c1-18-16-22(14-15-27(18)17-20-10-6-4-7-11-20)26(3)24(28)19(2)23(25)21-12-8-5-9-13-21/h4-13,18-19,22-23H,14-17,25H2,1-3H3. The molecule has 1 aliphatic rings. The van der Waals surface area contributed by atoms with Crippen LogP contribution in [0.25, 0.3) is 0 Å². The summed E-state index contributed by atoms with van der Waals surface area (Å²) in [5.74, 6) is -0.0879. The van der Waals surface area contributed by atoms with E-state index in [4.69, 9.17) is 5.73 Å². The van der Waals surface area contributed by atoms with E-state index in [0.717, 1.165) is 31.5 Å². The van der Waals surface area contributed by atoms with Crippen molar-refractivity contribution >= 4 is 5.91 Å². The van der Waals surface area contributed by atoms with Crippen molar-refractivity contribution < 1.29 is 4.79 Å². The minimum absolute atomic E-state index is 0.144. The molecule has 0 spiro atoms. The van der Waals surface area contributed by atoms with Gasteiger partial charge in [-0.1, -0.05) is 67.6 Å². The van der Waals surface area contributed by atoms with Gasteiger partial charge < -0.3 is 10.6 Å². The molecule has 28 heavy (non-hydrogen) atoms. The van der Waals surface area contributed by atoms with Crippen molar-refractivity contribution in [2.24, 2.45) is 11.7 Å². The summed E-state index contributed by atoms with van der Waals surface area (Å²) in [6.45, 7) is 6.20. The third kappa shape index (κ3) is 4.81. The molecule has 4 atom stereocenters. The molecule has 0 radical (unpaired) electrons. The van der Waals surface area contributed by atoms with Crippen LogP contribution in [0.5, 0.6) is 0 Å². The van der Waals surface area contributed by atoms with Gasteiger partial charge in [-0.15, -0.1) is 0 Å². The topological polar surface area (TPSA) is 49.6 Å². The Bertz CT molecular complexity index is 749.